The van der Waals surface area contributed by atoms with Crippen molar-refractivity contribution in [2.24, 2.45) is 0 Å². The highest BCUT2D eigenvalue weighted by atomic mass is 16.5. The molecule has 0 atom stereocenters. The zero-order chi connectivity index (χ0) is 21.9. The summed E-state index contributed by atoms with van der Waals surface area (Å²) in [4.78, 5) is 36.1. The fourth-order valence-corrected chi connectivity index (χ4v) is 2.55. The first-order valence-electron chi connectivity index (χ1n) is 9.51. The Bertz CT molecular complexity index is 918. The molecule has 2 aromatic carbocycles. The van der Waals surface area contributed by atoms with Gasteiger partial charge in [-0.1, -0.05) is 13.3 Å². The molecule has 0 aliphatic heterocycles. The van der Waals surface area contributed by atoms with Crippen LogP contribution in [-0.4, -0.2) is 38.5 Å². The molecule has 0 bridgehead atoms. The Morgan fingerprint density at radius 3 is 2.23 bits per heavy atom. The summed E-state index contributed by atoms with van der Waals surface area (Å²) < 4.78 is 15.0. The van der Waals surface area contributed by atoms with E-state index in [4.69, 9.17) is 14.2 Å². The number of unbranched alkanes of at least 4 members (excludes halogenated alkanes) is 1. The van der Waals surface area contributed by atoms with Gasteiger partial charge < -0.3 is 19.5 Å². The standard InChI is InChI=1S/C23H25NO6/c1-4-5-14-30-18-9-6-16(7-10-18)21(25)12-13-24-20-15-17(22(26)28-2)8-11-19(20)23(27)29-3/h6-13,15,24H,4-5,14H2,1-3H3. The maximum absolute atomic E-state index is 12.4. The van der Waals surface area contributed by atoms with Gasteiger partial charge in [-0.25, -0.2) is 9.59 Å². The van der Waals surface area contributed by atoms with Crippen molar-refractivity contribution in [1.29, 1.82) is 0 Å². The van der Waals surface area contributed by atoms with Gasteiger partial charge in [-0.05, 0) is 48.9 Å². The number of anilines is 1. The van der Waals surface area contributed by atoms with Crippen LogP contribution in [-0.2, 0) is 9.47 Å². The molecule has 30 heavy (non-hydrogen) atoms. The summed E-state index contributed by atoms with van der Waals surface area (Å²) in [6.45, 7) is 2.73. The van der Waals surface area contributed by atoms with E-state index >= 15 is 0 Å². The number of rotatable bonds is 10. The predicted octanol–water partition coefficient (Wildman–Crippen LogP) is 4.25. The molecule has 0 radical (unpaired) electrons. The Hall–Kier alpha value is -3.61. The fraction of sp³-hybridized carbons (Fsp3) is 0.261. The molecule has 0 unspecified atom stereocenters. The quantitative estimate of drug-likeness (QED) is 0.270. The smallest absolute Gasteiger partial charge is 0.339 e. The number of hydrogen-bond acceptors (Lipinski definition) is 7. The van der Waals surface area contributed by atoms with Gasteiger partial charge in [0.15, 0.2) is 5.78 Å². The molecule has 0 spiro atoms. The Kier molecular flexibility index (Phi) is 8.62. The van der Waals surface area contributed by atoms with Gasteiger partial charge >= 0.3 is 11.9 Å². The molecule has 0 aliphatic rings. The van der Waals surface area contributed by atoms with Crippen molar-refractivity contribution in [3.05, 3.63) is 71.4 Å². The highest BCUT2D eigenvalue weighted by Gasteiger charge is 2.15. The second kappa shape index (κ2) is 11.4. The highest BCUT2D eigenvalue weighted by molar-refractivity contribution is 6.05. The molecule has 158 valence electrons. The van der Waals surface area contributed by atoms with E-state index in [2.05, 4.69) is 12.2 Å². The Morgan fingerprint density at radius 2 is 1.60 bits per heavy atom. The van der Waals surface area contributed by atoms with Crippen LogP contribution < -0.4 is 10.1 Å². The van der Waals surface area contributed by atoms with Gasteiger partial charge in [-0.2, -0.15) is 0 Å². The van der Waals surface area contributed by atoms with E-state index < -0.39 is 11.9 Å². The monoisotopic (exact) mass is 411 g/mol. The summed E-state index contributed by atoms with van der Waals surface area (Å²) in [5.41, 5.74) is 1.28. The molecule has 2 rings (SSSR count). The van der Waals surface area contributed by atoms with Crippen LogP contribution in [0.1, 0.15) is 50.8 Å². The van der Waals surface area contributed by atoms with E-state index in [9.17, 15) is 14.4 Å². The normalized spacial score (nSPS) is 10.5. The van der Waals surface area contributed by atoms with E-state index in [0.29, 0.717) is 23.6 Å². The van der Waals surface area contributed by atoms with E-state index in [-0.39, 0.29) is 16.9 Å². The number of allylic oxidation sites excluding steroid dienone is 1. The number of esters is 2. The number of ketones is 1. The zero-order valence-corrected chi connectivity index (χ0v) is 17.3. The number of carbonyl (C=O) groups excluding carboxylic acids is 3. The van der Waals surface area contributed by atoms with E-state index in [1.807, 2.05) is 0 Å². The summed E-state index contributed by atoms with van der Waals surface area (Å²) in [6, 6.07) is 11.2. The van der Waals surface area contributed by atoms with Crippen LogP contribution >= 0.6 is 0 Å². The van der Waals surface area contributed by atoms with Crippen LogP contribution in [0.2, 0.25) is 0 Å². The molecule has 0 saturated heterocycles. The zero-order valence-electron chi connectivity index (χ0n) is 17.3. The lowest BCUT2D eigenvalue weighted by molar-refractivity contribution is 0.0587. The molecule has 2 aromatic rings. The van der Waals surface area contributed by atoms with Crippen LogP contribution in [0, 0.1) is 0 Å². The Morgan fingerprint density at radius 1 is 0.933 bits per heavy atom. The topological polar surface area (TPSA) is 90.9 Å². The average Bonchev–Trinajstić information content (AvgIpc) is 2.78. The van der Waals surface area contributed by atoms with E-state index in [1.165, 1.54) is 44.7 Å². The van der Waals surface area contributed by atoms with Crippen LogP contribution in [0.15, 0.2) is 54.7 Å². The molecule has 1 N–H and O–H groups in total. The Labute approximate surface area is 175 Å². The number of carbonyl (C=O) groups is 3. The summed E-state index contributed by atoms with van der Waals surface area (Å²) in [5.74, 6) is -0.640. The Balaban J connectivity index is 2.10. The number of methoxy groups -OCH3 is 2. The van der Waals surface area contributed by atoms with Gasteiger partial charge in [0.25, 0.3) is 0 Å². The second-order valence-corrected chi connectivity index (χ2v) is 6.31. The molecular formula is C23H25NO6. The van der Waals surface area contributed by atoms with Crippen LogP contribution in [0.25, 0.3) is 0 Å². The van der Waals surface area contributed by atoms with Crippen molar-refractivity contribution >= 4 is 23.4 Å². The highest BCUT2D eigenvalue weighted by Crippen LogP contribution is 2.20. The van der Waals surface area contributed by atoms with Gasteiger partial charge in [0.1, 0.15) is 5.75 Å². The molecule has 0 saturated carbocycles. The van der Waals surface area contributed by atoms with Crippen molar-refractivity contribution in [1.82, 2.24) is 0 Å². The lowest BCUT2D eigenvalue weighted by Gasteiger charge is -2.09. The molecule has 7 heteroatoms. The van der Waals surface area contributed by atoms with Crippen LogP contribution in [0.5, 0.6) is 5.75 Å². The van der Waals surface area contributed by atoms with Gasteiger partial charge in [0.2, 0.25) is 0 Å². The first-order valence-corrected chi connectivity index (χ1v) is 9.51. The van der Waals surface area contributed by atoms with Crippen LogP contribution in [0.3, 0.4) is 0 Å². The summed E-state index contributed by atoms with van der Waals surface area (Å²) in [7, 11) is 2.53. The van der Waals surface area contributed by atoms with Crippen molar-refractivity contribution in [2.75, 3.05) is 26.1 Å². The fourth-order valence-electron chi connectivity index (χ4n) is 2.55. The lowest BCUT2D eigenvalue weighted by Crippen LogP contribution is -2.08. The van der Waals surface area contributed by atoms with E-state index in [1.54, 1.807) is 24.3 Å². The van der Waals surface area contributed by atoms with Crippen molar-refractivity contribution < 1.29 is 28.6 Å². The van der Waals surface area contributed by atoms with Crippen molar-refractivity contribution in [3.63, 3.8) is 0 Å². The van der Waals surface area contributed by atoms with Gasteiger partial charge in [0, 0.05) is 17.8 Å². The maximum atomic E-state index is 12.4. The molecule has 0 aliphatic carbocycles. The number of hydrogen-bond donors (Lipinski definition) is 1. The molecule has 0 amide bonds. The third kappa shape index (κ3) is 6.20. The first-order chi connectivity index (χ1) is 14.5. The minimum absolute atomic E-state index is 0.218. The second-order valence-electron chi connectivity index (χ2n) is 6.31. The lowest BCUT2D eigenvalue weighted by atomic mass is 10.1. The minimum Gasteiger partial charge on any atom is -0.494 e. The molecule has 0 fully saturated rings. The minimum atomic E-state index is -0.577. The molecular weight excluding hydrogens is 386 g/mol. The SMILES string of the molecule is CCCCOc1ccc(C(=O)C=CNc2cc(C(=O)OC)ccc2C(=O)OC)cc1. The summed E-state index contributed by atoms with van der Waals surface area (Å²) >= 11 is 0. The van der Waals surface area contributed by atoms with Crippen molar-refractivity contribution in [3.8, 4) is 5.75 Å². The number of nitrogens with one attached hydrogen (secondary N) is 1. The largest absolute Gasteiger partial charge is 0.494 e. The molecule has 0 aromatic heterocycles. The third-order valence-electron chi connectivity index (χ3n) is 4.22. The van der Waals surface area contributed by atoms with Gasteiger partial charge in [-0.15, -0.1) is 0 Å². The number of ether oxygens (including phenoxy) is 3. The summed E-state index contributed by atoms with van der Waals surface area (Å²) in [6.07, 6.45) is 4.75. The summed E-state index contributed by atoms with van der Waals surface area (Å²) in [5, 5.41) is 2.86. The maximum Gasteiger partial charge on any atom is 0.339 e. The molecule has 0 heterocycles. The van der Waals surface area contributed by atoms with Crippen LogP contribution in [0.4, 0.5) is 5.69 Å². The number of benzene rings is 2. The van der Waals surface area contributed by atoms with Gasteiger partial charge in [0.05, 0.1) is 37.6 Å². The predicted molar refractivity (Wildman–Crippen MR) is 113 cm³/mol. The molecule has 7 nitrogen and oxygen atoms in total. The third-order valence-corrected chi connectivity index (χ3v) is 4.22. The average molecular weight is 411 g/mol. The first kappa shape index (κ1) is 22.7. The van der Waals surface area contributed by atoms with E-state index in [0.717, 1.165) is 12.8 Å². The van der Waals surface area contributed by atoms with Gasteiger partial charge in [-0.3, -0.25) is 4.79 Å². The van der Waals surface area contributed by atoms with Crippen molar-refractivity contribution in [2.45, 2.75) is 19.8 Å².